The molecule has 0 aliphatic rings. The highest BCUT2D eigenvalue weighted by molar-refractivity contribution is 9.10. The van der Waals surface area contributed by atoms with Crippen molar-refractivity contribution in [2.24, 2.45) is 0 Å². The first-order valence-corrected chi connectivity index (χ1v) is 12.6. The number of ether oxygens (including phenoxy) is 1. The van der Waals surface area contributed by atoms with Crippen LogP contribution in [-0.2, 0) is 10.0 Å². The third-order valence-corrected chi connectivity index (χ3v) is 6.82. The Hall–Kier alpha value is -3.62. The van der Waals surface area contributed by atoms with Crippen molar-refractivity contribution in [2.75, 3.05) is 10.0 Å². The van der Waals surface area contributed by atoms with Gasteiger partial charge in [-0.25, -0.2) is 8.42 Å². The Balaban J connectivity index is 1.63. The van der Waals surface area contributed by atoms with Crippen LogP contribution in [0.4, 0.5) is 11.4 Å². The predicted molar refractivity (Wildman–Crippen MR) is 137 cm³/mol. The van der Waals surface area contributed by atoms with E-state index in [1.807, 2.05) is 18.2 Å². The third kappa shape index (κ3) is 5.65. The smallest absolute Gasteiger partial charge is 0.263 e. The van der Waals surface area contributed by atoms with E-state index in [9.17, 15) is 13.2 Å². The van der Waals surface area contributed by atoms with Crippen LogP contribution >= 0.6 is 15.9 Å². The van der Waals surface area contributed by atoms with Crippen LogP contribution in [0.15, 0.2) is 106 Å². The van der Waals surface area contributed by atoms with Crippen molar-refractivity contribution in [3.8, 4) is 11.5 Å². The van der Waals surface area contributed by atoms with Crippen LogP contribution in [0.25, 0.3) is 0 Å². The van der Waals surface area contributed by atoms with Crippen molar-refractivity contribution in [1.29, 1.82) is 0 Å². The minimum Gasteiger partial charge on any atom is -0.457 e. The zero-order chi connectivity index (χ0) is 24.1. The monoisotopic (exact) mass is 536 g/mol. The second-order valence-corrected chi connectivity index (χ2v) is 10.0. The Bertz CT molecular complexity index is 1420. The molecule has 0 aliphatic heterocycles. The number of amides is 1. The van der Waals surface area contributed by atoms with Crippen molar-refractivity contribution < 1.29 is 17.9 Å². The lowest BCUT2D eigenvalue weighted by atomic mass is 10.1. The van der Waals surface area contributed by atoms with Crippen LogP contribution in [0.1, 0.15) is 15.9 Å². The van der Waals surface area contributed by atoms with Gasteiger partial charge >= 0.3 is 0 Å². The van der Waals surface area contributed by atoms with Crippen LogP contribution in [-0.4, -0.2) is 14.3 Å². The molecule has 0 radical (unpaired) electrons. The molecule has 1 amide bonds. The lowest BCUT2D eigenvalue weighted by Crippen LogP contribution is -2.19. The molecule has 4 rings (SSSR count). The van der Waals surface area contributed by atoms with Crippen LogP contribution < -0.4 is 14.8 Å². The van der Waals surface area contributed by atoms with Gasteiger partial charge in [-0.15, -0.1) is 0 Å². The van der Waals surface area contributed by atoms with Gasteiger partial charge in [0.05, 0.1) is 11.3 Å². The predicted octanol–water partition coefficient (Wildman–Crippen LogP) is 6.60. The molecular weight excluding hydrogens is 516 g/mol. The molecule has 0 fully saturated rings. The van der Waals surface area contributed by atoms with Crippen molar-refractivity contribution in [3.63, 3.8) is 0 Å². The maximum absolute atomic E-state index is 13.2. The minimum atomic E-state index is -3.98. The maximum Gasteiger partial charge on any atom is 0.263 e. The summed E-state index contributed by atoms with van der Waals surface area (Å²) in [4.78, 5) is 13.1. The molecule has 0 saturated heterocycles. The van der Waals surface area contributed by atoms with Crippen molar-refractivity contribution in [1.82, 2.24) is 0 Å². The molecule has 4 aromatic rings. The van der Waals surface area contributed by atoms with E-state index >= 15 is 0 Å². The highest BCUT2D eigenvalue weighted by Crippen LogP contribution is 2.29. The van der Waals surface area contributed by atoms with Crippen LogP contribution in [0.2, 0.25) is 0 Å². The number of halogens is 1. The molecule has 4 aromatic carbocycles. The van der Waals surface area contributed by atoms with Crippen molar-refractivity contribution >= 4 is 43.2 Å². The summed E-state index contributed by atoms with van der Waals surface area (Å²) < 4.78 is 35.6. The fourth-order valence-electron chi connectivity index (χ4n) is 3.23. The van der Waals surface area contributed by atoms with Gasteiger partial charge in [0, 0.05) is 10.2 Å². The van der Waals surface area contributed by atoms with Gasteiger partial charge in [-0.05, 0) is 73.2 Å². The number of sulfonamides is 1. The standard InChI is InChI=1S/C26H21BrN2O4S/c1-18-11-16-23(25(17-18)34(31,32)29-20-14-12-19(27)13-15-20)28-26(30)22-9-5-6-10-24(22)33-21-7-3-2-4-8-21/h2-17,29H,1H3,(H,28,30). The number of para-hydroxylation sites is 2. The number of nitrogens with one attached hydrogen (secondary N) is 2. The molecule has 6 nitrogen and oxygen atoms in total. The number of hydrogen-bond donors (Lipinski definition) is 2. The average molecular weight is 537 g/mol. The molecule has 0 unspecified atom stereocenters. The lowest BCUT2D eigenvalue weighted by Gasteiger charge is -2.15. The topological polar surface area (TPSA) is 84.5 Å². The molecule has 34 heavy (non-hydrogen) atoms. The van der Waals surface area contributed by atoms with Crippen molar-refractivity contribution in [2.45, 2.75) is 11.8 Å². The van der Waals surface area contributed by atoms with E-state index in [0.717, 1.165) is 10.0 Å². The average Bonchev–Trinajstić information content (AvgIpc) is 2.82. The molecular formula is C26H21BrN2O4S. The maximum atomic E-state index is 13.2. The number of carbonyl (C=O) groups is 1. The lowest BCUT2D eigenvalue weighted by molar-refractivity contribution is 0.102. The van der Waals surface area contributed by atoms with Gasteiger partial charge in [0.1, 0.15) is 16.4 Å². The second-order valence-electron chi connectivity index (χ2n) is 7.48. The number of aryl methyl sites for hydroxylation is 1. The summed E-state index contributed by atoms with van der Waals surface area (Å²) in [6, 6.07) is 27.5. The van der Waals surface area contributed by atoms with Gasteiger partial charge in [-0.2, -0.15) is 0 Å². The van der Waals surface area contributed by atoms with Crippen LogP contribution in [0, 0.1) is 6.92 Å². The summed E-state index contributed by atoms with van der Waals surface area (Å²) in [5.74, 6) is 0.450. The molecule has 8 heteroatoms. The zero-order valence-electron chi connectivity index (χ0n) is 18.2. The number of anilines is 2. The Morgan fingerprint density at radius 1 is 0.853 bits per heavy atom. The van der Waals surface area contributed by atoms with Gasteiger partial charge in [0.2, 0.25) is 0 Å². The molecule has 172 valence electrons. The van der Waals surface area contributed by atoms with E-state index in [4.69, 9.17) is 4.74 Å². The first kappa shape index (κ1) is 23.5. The largest absolute Gasteiger partial charge is 0.457 e. The quantitative estimate of drug-likeness (QED) is 0.278. The Morgan fingerprint density at radius 3 is 2.26 bits per heavy atom. The Labute approximate surface area is 206 Å². The normalized spacial score (nSPS) is 11.0. The molecule has 0 saturated carbocycles. The molecule has 0 aromatic heterocycles. The third-order valence-electron chi connectivity index (χ3n) is 4.87. The van der Waals surface area contributed by atoms with E-state index in [1.165, 1.54) is 6.07 Å². The molecule has 0 aliphatic carbocycles. The van der Waals surface area contributed by atoms with Crippen LogP contribution in [0.5, 0.6) is 11.5 Å². The fourth-order valence-corrected chi connectivity index (χ4v) is 4.80. The van der Waals surface area contributed by atoms with Gasteiger partial charge in [0.15, 0.2) is 0 Å². The van der Waals surface area contributed by atoms with Crippen molar-refractivity contribution in [3.05, 3.63) is 113 Å². The Morgan fingerprint density at radius 2 is 1.53 bits per heavy atom. The number of hydrogen-bond acceptors (Lipinski definition) is 4. The molecule has 0 heterocycles. The van der Waals surface area contributed by atoms with Gasteiger partial charge in [-0.1, -0.05) is 52.3 Å². The summed E-state index contributed by atoms with van der Waals surface area (Å²) in [6.45, 7) is 1.78. The van der Waals surface area contributed by atoms with Gasteiger partial charge in [-0.3, -0.25) is 9.52 Å². The SMILES string of the molecule is Cc1ccc(NC(=O)c2ccccc2Oc2ccccc2)c(S(=O)(=O)Nc2ccc(Br)cc2)c1. The highest BCUT2D eigenvalue weighted by atomic mass is 79.9. The van der Waals surface area contributed by atoms with Gasteiger partial charge in [0.25, 0.3) is 15.9 Å². The highest BCUT2D eigenvalue weighted by Gasteiger charge is 2.22. The summed E-state index contributed by atoms with van der Waals surface area (Å²) in [5, 5.41) is 2.74. The Kier molecular flexibility index (Phi) is 7.00. The van der Waals surface area contributed by atoms with E-state index < -0.39 is 15.9 Å². The summed E-state index contributed by atoms with van der Waals surface area (Å²) in [7, 11) is -3.98. The zero-order valence-corrected chi connectivity index (χ0v) is 20.6. The van der Waals surface area contributed by atoms with E-state index in [0.29, 0.717) is 17.2 Å². The number of benzene rings is 4. The first-order chi connectivity index (χ1) is 16.3. The van der Waals surface area contributed by atoms with E-state index in [1.54, 1.807) is 79.7 Å². The number of rotatable bonds is 7. The fraction of sp³-hybridized carbons (Fsp3) is 0.0385. The van der Waals surface area contributed by atoms with Crippen LogP contribution in [0.3, 0.4) is 0 Å². The molecule has 0 spiro atoms. The minimum absolute atomic E-state index is 0.0368. The molecule has 2 N–H and O–H groups in total. The van der Waals surface area contributed by atoms with Gasteiger partial charge < -0.3 is 10.1 Å². The first-order valence-electron chi connectivity index (χ1n) is 10.3. The van der Waals surface area contributed by atoms with E-state index in [2.05, 4.69) is 26.0 Å². The molecule has 0 bridgehead atoms. The second kappa shape index (κ2) is 10.1. The molecule has 0 atom stereocenters. The van der Waals surface area contributed by atoms with E-state index in [-0.39, 0.29) is 16.1 Å². The summed E-state index contributed by atoms with van der Waals surface area (Å²) in [5.41, 5.74) is 1.58. The number of carbonyl (C=O) groups excluding carboxylic acids is 1. The summed E-state index contributed by atoms with van der Waals surface area (Å²) >= 11 is 3.33. The summed E-state index contributed by atoms with van der Waals surface area (Å²) in [6.07, 6.45) is 0.